The Hall–Kier alpha value is -3.11. The lowest BCUT2D eigenvalue weighted by atomic mass is 10.1. The number of rotatable bonds is 5. The number of fused-ring (bicyclic) bond motifs is 1. The molecule has 4 aromatic rings. The number of aromatic nitrogens is 6. The van der Waals surface area contributed by atoms with Gasteiger partial charge in [-0.05, 0) is 37.8 Å². The van der Waals surface area contributed by atoms with Crippen molar-refractivity contribution < 1.29 is 8.78 Å². The van der Waals surface area contributed by atoms with E-state index in [4.69, 9.17) is 11.6 Å². The van der Waals surface area contributed by atoms with Crippen molar-refractivity contribution in [1.82, 2.24) is 34.3 Å². The summed E-state index contributed by atoms with van der Waals surface area (Å²) in [5.41, 5.74) is 0.608. The van der Waals surface area contributed by atoms with Crippen LogP contribution < -0.4 is 5.32 Å². The van der Waals surface area contributed by atoms with Gasteiger partial charge >= 0.3 is 0 Å². The zero-order valence-electron chi connectivity index (χ0n) is 17.6. The lowest BCUT2D eigenvalue weighted by Gasteiger charge is -2.32. The molecule has 1 aliphatic carbocycles. The second-order valence-electron chi connectivity index (χ2n) is 8.53. The summed E-state index contributed by atoms with van der Waals surface area (Å²) < 4.78 is 32.2. The molecule has 0 radical (unpaired) electrons. The van der Waals surface area contributed by atoms with Crippen molar-refractivity contribution in [3.63, 3.8) is 0 Å². The number of hydrogen-bond acceptors (Lipinski definition) is 6. The van der Waals surface area contributed by atoms with Crippen molar-refractivity contribution in [2.24, 2.45) is 0 Å². The first-order chi connectivity index (χ1) is 16.1. The number of nitrogens with zero attached hydrogens (tertiary/aromatic N) is 7. The van der Waals surface area contributed by atoms with Gasteiger partial charge in [0, 0.05) is 25.3 Å². The first kappa shape index (κ1) is 20.5. The van der Waals surface area contributed by atoms with Gasteiger partial charge in [0.05, 0.1) is 29.7 Å². The molecule has 0 unspecified atom stereocenters. The summed E-state index contributed by atoms with van der Waals surface area (Å²) in [6.45, 7) is 2.18. The fourth-order valence-electron chi connectivity index (χ4n) is 4.44. The Morgan fingerprint density at radius 1 is 0.939 bits per heavy atom. The molecule has 1 N–H and O–H groups in total. The summed E-state index contributed by atoms with van der Waals surface area (Å²) in [7, 11) is 0. The Morgan fingerprint density at radius 3 is 2.42 bits per heavy atom. The topological polar surface area (TPSA) is 76.2 Å². The summed E-state index contributed by atoms with van der Waals surface area (Å²) in [5, 5.41) is 12.1. The minimum Gasteiger partial charge on any atom is -0.321 e. The van der Waals surface area contributed by atoms with E-state index in [9.17, 15) is 8.78 Å². The minimum absolute atomic E-state index is 0.122. The molecule has 33 heavy (non-hydrogen) atoms. The molecule has 1 saturated carbocycles. The maximum Gasteiger partial charge on any atom is 0.232 e. The van der Waals surface area contributed by atoms with Crippen LogP contribution in [0, 0.1) is 11.6 Å². The van der Waals surface area contributed by atoms with Crippen molar-refractivity contribution in [1.29, 1.82) is 0 Å². The average molecular weight is 471 g/mol. The van der Waals surface area contributed by atoms with Gasteiger partial charge in [0.1, 0.15) is 16.7 Å². The molecule has 8 nitrogen and oxygen atoms in total. The van der Waals surface area contributed by atoms with Gasteiger partial charge in [0.2, 0.25) is 5.95 Å². The van der Waals surface area contributed by atoms with Gasteiger partial charge in [-0.3, -0.25) is 4.68 Å². The third-order valence-corrected chi connectivity index (χ3v) is 6.57. The Balaban J connectivity index is 1.30. The molecular formula is C22H21ClF2N8. The van der Waals surface area contributed by atoms with E-state index in [1.54, 1.807) is 6.20 Å². The van der Waals surface area contributed by atoms with Crippen molar-refractivity contribution in [3.8, 4) is 11.4 Å². The number of halogens is 3. The molecule has 11 heteroatoms. The van der Waals surface area contributed by atoms with Gasteiger partial charge in [-0.2, -0.15) is 19.7 Å². The molecule has 0 atom stereocenters. The van der Waals surface area contributed by atoms with Crippen LogP contribution in [0.3, 0.4) is 0 Å². The Kier molecular flexibility index (Phi) is 4.99. The number of piperidine rings is 1. The van der Waals surface area contributed by atoms with Crippen LogP contribution in [0.5, 0.6) is 0 Å². The SMILES string of the molecule is Fc1cccc(F)c1-c1nc(Nc2cnn(C3CCN(C4CC4)CC3)c2)n2ncc(Cl)c2n1. The number of likely N-dealkylation sites (tertiary alicyclic amines) is 1. The van der Waals surface area contributed by atoms with Gasteiger partial charge in [-0.1, -0.05) is 17.7 Å². The predicted molar refractivity (Wildman–Crippen MR) is 120 cm³/mol. The van der Waals surface area contributed by atoms with E-state index in [-0.39, 0.29) is 28.0 Å². The molecule has 0 bridgehead atoms. The van der Waals surface area contributed by atoms with Gasteiger partial charge < -0.3 is 10.2 Å². The number of anilines is 2. The fourth-order valence-corrected chi connectivity index (χ4v) is 4.61. The Labute approximate surface area is 193 Å². The molecule has 2 aliphatic rings. The molecule has 1 aromatic carbocycles. The van der Waals surface area contributed by atoms with E-state index >= 15 is 0 Å². The highest BCUT2D eigenvalue weighted by Gasteiger charge is 2.32. The second kappa shape index (κ2) is 8.03. The minimum atomic E-state index is -0.758. The van der Waals surface area contributed by atoms with E-state index in [2.05, 4.69) is 30.4 Å². The zero-order chi connectivity index (χ0) is 22.5. The highest BCUT2D eigenvalue weighted by Crippen LogP contribution is 2.33. The van der Waals surface area contributed by atoms with E-state index in [1.165, 1.54) is 29.6 Å². The lowest BCUT2D eigenvalue weighted by Crippen LogP contribution is -2.36. The van der Waals surface area contributed by atoms with Gasteiger partial charge in [-0.15, -0.1) is 0 Å². The van der Waals surface area contributed by atoms with E-state index in [1.807, 2.05) is 10.9 Å². The third-order valence-electron chi connectivity index (χ3n) is 6.31. The molecule has 0 spiro atoms. The first-order valence-corrected chi connectivity index (χ1v) is 11.4. The van der Waals surface area contributed by atoms with Gasteiger partial charge in [0.25, 0.3) is 0 Å². The molecule has 4 heterocycles. The van der Waals surface area contributed by atoms with Crippen molar-refractivity contribution >= 4 is 28.9 Å². The molecule has 6 rings (SSSR count). The summed E-state index contributed by atoms with van der Waals surface area (Å²) in [6, 6.07) is 4.74. The molecule has 170 valence electrons. The largest absolute Gasteiger partial charge is 0.321 e. The Bertz CT molecular complexity index is 1300. The highest BCUT2D eigenvalue weighted by molar-refractivity contribution is 6.33. The third kappa shape index (κ3) is 3.83. The normalized spacial score (nSPS) is 17.7. The van der Waals surface area contributed by atoms with Crippen LogP contribution in [0.25, 0.3) is 17.0 Å². The van der Waals surface area contributed by atoms with Gasteiger partial charge in [0.15, 0.2) is 11.5 Å². The van der Waals surface area contributed by atoms with E-state index in [0.717, 1.165) is 44.1 Å². The first-order valence-electron chi connectivity index (χ1n) is 11.0. The van der Waals surface area contributed by atoms with Crippen LogP contribution in [0.4, 0.5) is 20.4 Å². The molecular weight excluding hydrogens is 450 g/mol. The van der Waals surface area contributed by atoms with Crippen molar-refractivity contribution in [2.45, 2.75) is 37.8 Å². The lowest BCUT2D eigenvalue weighted by molar-refractivity contribution is 0.172. The standard InChI is InChI=1S/C22H21ClF2N8/c23-16-11-27-33-21(16)29-20(19-17(24)2-1-3-18(19)25)30-22(33)28-13-10-26-32(12-13)15-6-8-31(9-7-15)14-4-5-14/h1-3,10-12,14-15H,4-9H2,(H,28,29,30). The van der Waals surface area contributed by atoms with Crippen LogP contribution in [0.2, 0.25) is 5.02 Å². The second-order valence-corrected chi connectivity index (χ2v) is 8.93. The molecule has 2 fully saturated rings. The number of benzene rings is 1. The maximum atomic E-state index is 14.4. The fraction of sp³-hybridized carbons (Fsp3) is 0.364. The molecule has 3 aromatic heterocycles. The zero-order valence-corrected chi connectivity index (χ0v) is 18.4. The summed E-state index contributed by atoms with van der Waals surface area (Å²) >= 11 is 6.22. The summed E-state index contributed by atoms with van der Waals surface area (Å²) in [6.07, 6.45) is 9.79. The van der Waals surface area contributed by atoms with E-state index in [0.29, 0.717) is 11.7 Å². The molecule has 1 aliphatic heterocycles. The quantitative estimate of drug-likeness (QED) is 0.464. The maximum absolute atomic E-state index is 14.4. The smallest absolute Gasteiger partial charge is 0.232 e. The summed E-state index contributed by atoms with van der Waals surface area (Å²) in [5.74, 6) is -1.41. The van der Waals surface area contributed by atoms with Crippen LogP contribution in [0.15, 0.2) is 36.8 Å². The van der Waals surface area contributed by atoms with Crippen LogP contribution in [-0.4, -0.2) is 53.4 Å². The Morgan fingerprint density at radius 2 is 1.70 bits per heavy atom. The summed E-state index contributed by atoms with van der Waals surface area (Å²) in [4.78, 5) is 11.2. The van der Waals surface area contributed by atoms with Crippen molar-refractivity contribution in [2.75, 3.05) is 18.4 Å². The molecule has 1 saturated heterocycles. The predicted octanol–water partition coefficient (Wildman–Crippen LogP) is 4.46. The molecule has 0 amide bonds. The highest BCUT2D eigenvalue weighted by atomic mass is 35.5. The van der Waals surface area contributed by atoms with Crippen LogP contribution in [-0.2, 0) is 0 Å². The van der Waals surface area contributed by atoms with Crippen LogP contribution >= 0.6 is 11.6 Å². The number of nitrogens with one attached hydrogen (secondary N) is 1. The van der Waals surface area contributed by atoms with E-state index < -0.39 is 11.6 Å². The monoisotopic (exact) mass is 470 g/mol. The van der Waals surface area contributed by atoms with Crippen molar-refractivity contribution in [3.05, 3.63) is 53.4 Å². The average Bonchev–Trinajstić information content (AvgIpc) is 3.45. The van der Waals surface area contributed by atoms with Gasteiger partial charge in [-0.25, -0.2) is 13.8 Å². The van der Waals surface area contributed by atoms with Crippen LogP contribution in [0.1, 0.15) is 31.7 Å². The number of hydrogen-bond donors (Lipinski definition) is 1.